The highest BCUT2D eigenvalue weighted by molar-refractivity contribution is 6.33. The molecule has 0 amide bonds. The molecule has 2 aliphatic rings. The number of carbonyl (C=O) groups is 1. The Morgan fingerprint density at radius 3 is 2.89 bits per heavy atom. The first kappa shape index (κ1) is 12.7. The number of carbonyl (C=O) groups excluding carboxylic acids is 1. The normalized spacial score (nSPS) is 21.4. The van der Waals surface area contributed by atoms with Crippen molar-refractivity contribution in [1.29, 1.82) is 5.41 Å². The Labute approximate surface area is 108 Å². The van der Waals surface area contributed by atoms with Crippen LogP contribution in [-0.2, 0) is 9.53 Å². The van der Waals surface area contributed by atoms with Crippen molar-refractivity contribution in [1.82, 2.24) is 5.32 Å². The lowest BCUT2D eigenvalue weighted by molar-refractivity contribution is -0.135. The van der Waals surface area contributed by atoms with E-state index in [9.17, 15) is 4.79 Å². The first-order valence-corrected chi connectivity index (χ1v) is 6.13. The van der Waals surface area contributed by atoms with E-state index in [1.807, 2.05) is 14.0 Å². The number of allylic oxidation sites excluding steroid dienone is 3. The molecule has 0 unspecified atom stereocenters. The molecule has 18 heavy (non-hydrogen) atoms. The van der Waals surface area contributed by atoms with Crippen molar-refractivity contribution in [3.05, 3.63) is 35.0 Å². The fourth-order valence-electron chi connectivity index (χ4n) is 1.88. The van der Waals surface area contributed by atoms with E-state index in [-0.39, 0.29) is 0 Å². The number of methoxy groups -OCH3 is 1. The molecular formula is C13H17BN2O2. The van der Waals surface area contributed by atoms with E-state index in [0.29, 0.717) is 11.3 Å². The van der Waals surface area contributed by atoms with Crippen LogP contribution < -0.4 is 5.32 Å². The summed E-state index contributed by atoms with van der Waals surface area (Å²) in [6.45, 7) is 0.970. The molecule has 1 saturated carbocycles. The zero-order chi connectivity index (χ0) is 13.1. The molecule has 0 spiro atoms. The van der Waals surface area contributed by atoms with Crippen LogP contribution in [0.15, 0.2) is 35.0 Å². The van der Waals surface area contributed by atoms with Crippen molar-refractivity contribution in [3.8, 4) is 0 Å². The molecule has 2 aliphatic carbocycles. The lowest BCUT2D eigenvalue weighted by atomic mass is 9.81. The summed E-state index contributed by atoms with van der Waals surface area (Å²) in [6.07, 6.45) is 7.78. The molecule has 0 heterocycles. The molecule has 0 aromatic carbocycles. The minimum Gasteiger partial charge on any atom is -0.465 e. The summed E-state index contributed by atoms with van der Waals surface area (Å²) < 4.78 is 4.66. The predicted octanol–water partition coefficient (Wildman–Crippen LogP) is 0.520. The summed E-state index contributed by atoms with van der Waals surface area (Å²) in [5.41, 5.74) is 2.52. The van der Waals surface area contributed by atoms with Gasteiger partial charge in [0, 0.05) is 18.3 Å². The van der Waals surface area contributed by atoms with E-state index in [1.54, 1.807) is 12.2 Å². The minimum absolute atomic E-state index is 0.346. The third kappa shape index (κ3) is 2.91. The zero-order valence-corrected chi connectivity index (χ0v) is 10.7. The van der Waals surface area contributed by atoms with Crippen LogP contribution in [0.5, 0.6) is 0 Å². The van der Waals surface area contributed by atoms with Crippen molar-refractivity contribution in [3.63, 3.8) is 0 Å². The van der Waals surface area contributed by atoms with Gasteiger partial charge in [-0.15, -0.1) is 0 Å². The van der Waals surface area contributed by atoms with Gasteiger partial charge < -0.3 is 15.5 Å². The third-order valence-electron chi connectivity index (χ3n) is 3.16. The molecule has 1 fully saturated rings. The second-order valence-electron chi connectivity index (χ2n) is 4.74. The summed E-state index contributed by atoms with van der Waals surface area (Å²) in [4.78, 5) is 11.4. The van der Waals surface area contributed by atoms with Gasteiger partial charge in [0.15, 0.2) is 0 Å². The summed E-state index contributed by atoms with van der Waals surface area (Å²) in [7, 11) is 3.24. The monoisotopic (exact) mass is 244 g/mol. The molecule has 0 aliphatic heterocycles. The lowest BCUT2D eigenvalue weighted by Gasteiger charge is -2.15. The van der Waals surface area contributed by atoms with Crippen LogP contribution >= 0.6 is 0 Å². The smallest absolute Gasteiger partial charge is 0.337 e. The Morgan fingerprint density at radius 2 is 2.33 bits per heavy atom. The largest absolute Gasteiger partial charge is 0.465 e. The van der Waals surface area contributed by atoms with Gasteiger partial charge in [0.2, 0.25) is 0 Å². The lowest BCUT2D eigenvalue weighted by Crippen LogP contribution is -2.17. The van der Waals surface area contributed by atoms with E-state index in [0.717, 1.165) is 23.5 Å². The van der Waals surface area contributed by atoms with Crippen molar-refractivity contribution in [2.24, 2.45) is 5.92 Å². The van der Waals surface area contributed by atoms with Gasteiger partial charge in [0.25, 0.3) is 0 Å². The Bertz CT molecular complexity index is 473. The van der Waals surface area contributed by atoms with Crippen LogP contribution in [0, 0.1) is 11.3 Å². The van der Waals surface area contributed by atoms with E-state index in [1.165, 1.54) is 20.0 Å². The fourth-order valence-corrected chi connectivity index (χ4v) is 1.88. The zero-order valence-electron chi connectivity index (χ0n) is 10.7. The van der Waals surface area contributed by atoms with Crippen molar-refractivity contribution >= 4 is 19.5 Å². The molecular weight excluding hydrogens is 227 g/mol. The Morgan fingerprint density at radius 1 is 1.61 bits per heavy atom. The summed E-state index contributed by atoms with van der Waals surface area (Å²) >= 11 is 0. The van der Waals surface area contributed by atoms with Gasteiger partial charge in [-0.05, 0) is 24.8 Å². The highest BCUT2D eigenvalue weighted by Gasteiger charge is 2.21. The van der Waals surface area contributed by atoms with Crippen LogP contribution in [0.4, 0.5) is 0 Å². The first-order chi connectivity index (χ1) is 8.61. The number of hydrogen-bond acceptors (Lipinski definition) is 4. The predicted molar refractivity (Wildman–Crippen MR) is 73.3 cm³/mol. The second kappa shape index (κ2) is 5.25. The molecule has 0 saturated heterocycles. The summed E-state index contributed by atoms with van der Waals surface area (Å²) in [6, 6.07) is 0. The van der Waals surface area contributed by atoms with E-state index < -0.39 is 5.97 Å². The fraction of sp³-hybridized carbons (Fsp3) is 0.385. The van der Waals surface area contributed by atoms with Gasteiger partial charge in [0.1, 0.15) is 7.85 Å². The molecule has 4 nitrogen and oxygen atoms in total. The van der Waals surface area contributed by atoms with Crippen molar-refractivity contribution < 1.29 is 9.53 Å². The number of esters is 1. The van der Waals surface area contributed by atoms with Gasteiger partial charge in [-0.1, -0.05) is 11.5 Å². The molecule has 0 atom stereocenters. The van der Waals surface area contributed by atoms with Crippen LogP contribution in [0.3, 0.4) is 0 Å². The molecule has 2 rings (SSSR count). The van der Waals surface area contributed by atoms with Crippen LogP contribution in [-0.4, -0.2) is 33.2 Å². The Balaban J connectivity index is 2.06. The highest BCUT2D eigenvalue weighted by atomic mass is 16.5. The van der Waals surface area contributed by atoms with E-state index in [4.69, 9.17) is 5.41 Å². The van der Waals surface area contributed by atoms with E-state index >= 15 is 0 Å². The molecule has 0 aromatic heterocycles. The van der Waals surface area contributed by atoms with Gasteiger partial charge >= 0.3 is 5.97 Å². The second-order valence-corrected chi connectivity index (χ2v) is 4.74. The van der Waals surface area contributed by atoms with Crippen molar-refractivity contribution in [2.75, 3.05) is 13.7 Å². The highest BCUT2D eigenvalue weighted by Crippen LogP contribution is 2.27. The standard InChI is InChI=1S/C13H17BN2O2/c1-18-13(17)9-4-11(14)10(12(15)5-9)7-16-6-8-2-3-8/h4-5,7-8,15-16H,2-3,6,14H2,1H3/b10-7-,15-12?. The SMILES string of the molecule is BC1=CC(C(=O)OC)=CC(=N)/C1=C\NCC1CC1. The topological polar surface area (TPSA) is 62.2 Å². The quantitative estimate of drug-likeness (QED) is 0.559. The van der Waals surface area contributed by atoms with Crippen molar-refractivity contribution in [2.45, 2.75) is 12.8 Å². The number of nitrogens with one attached hydrogen (secondary N) is 2. The van der Waals surface area contributed by atoms with Gasteiger partial charge in [-0.3, -0.25) is 0 Å². The molecule has 5 heteroatoms. The minimum atomic E-state index is -0.399. The maximum atomic E-state index is 11.4. The van der Waals surface area contributed by atoms with Crippen LogP contribution in [0.1, 0.15) is 12.8 Å². The molecule has 0 bridgehead atoms. The molecule has 2 N–H and O–H groups in total. The van der Waals surface area contributed by atoms with Gasteiger partial charge in [0.05, 0.1) is 18.4 Å². The third-order valence-corrected chi connectivity index (χ3v) is 3.16. The Kier molecular flexibility index (Phi) is 3.70. The van der Waals surface area contributed by atoms with Crippen LogP contribution in [0.25, 0.3) is 0 Å². The number of rotatable bonds is 4. The van der Waals surface area contributed by atoms with Gasteiger partial charge in [-0.2, -0.15) is 0 Å². The Hall–Kier alpha value is -1.78. The first-order valence-electron chi connectivity index (χ1n) is 6.13. The molecule has 0 aromatic rings. The van der Waals surface area contributed by atoms with E-state index in [2.05, 4.69) is 10.1 Å². The molecule has 0 radical (unpaired) electrons. The molecule has 94 valence electrons. The average molecular weight is 244 g/mol. The maximum absolute atomic E-state index is 11.4. The maximum Gasteiger partial charge on any atom is 0.337 e. The number of ether oxygens (including phenoxy) is 1. The number of hydrogen-bond donors (Lipinski definition) is 2. The summed E-state index contributed by atoms with van der Waals surface area (Å²) in [5, 5.41) is 11.2. The summed E-state index contributed by atoms with van der Waals surface area (Å²) in [5.74, 6) is 0.397. The average Bonchev–Trinajstić information content (AvgIpc) is 3.15. The van der Waals surface area contributed by atoms with Crippen LogP contribution in [0.2, 0.25) is 0 Å². The van der Waals surface area contributed by atoms with Gasteiger partial charge in [-0.25, -0.2) is 4.79 Å².